The maximum atomic E-state index is 12.7. The topological polar surface area (TPSA) is 73.5 Å². The van der Waals surface area contributed by atoms with Gasteiger partial charge in [-0.05, 0) is 49.3 Å². The first-order chi connectivity index (χ1) is 16.5. The Kier molecular flexibility index (Phi) is 9.43. The van der Waals surface area contributed by atoms with Gasteiger partial charge in [0.1, 0.15) is 0 Å². The number of hydrogen-bond acceptors (Lipinski definition) is 3. The summed E-state index contributed by atoms with van der Waals surface area (Å²) < 4.78 is 0. The first-order valence-corrected chi connectivity index (χ1v) is 11.4. The Balaban J connectivity index is 1.61. The van der Waals surface area contributed by atoms with Gasteiger partial charge in [0.25, 0.3) is 0 Å². The van der Waals surface area contributed by atoms with Crippen LogP contribution in [0, 0.1) is 0 Å². The van der Waals surface area contributed by atoms with E-state index < -0.39 is 0 Å². The molecule has 3 N–H and O–H groups in total. The van der Waals surface area contributed by atoms with E-state index in [0.29, 0.717) is 18.7 Å². The highest BCUT2D eigenvalue weighted by atomic mass is 16.2. The second-order valence-corrected chi connectivity index (χ2v) is 8.29. The maximum Gasteiger partial charge on any atom is 0.319 e. The minimum Gasteiger partial charge on any atom is -0.351 e. The molecule has 0 saturated carbocycles. The molecule has 0 fully saturated rings. The van der Waals surface area contributed by atoms with Gasteiger partial charge in [-0.25, -0.2) is 4.79 Å². The second-order valence-electron chi connectivity index (χ2n) is 8.29. The molecule has 3 aromatic carbocycles. The molecule has 3 rings (SSSR count). The Morgan fingerprint density at radius 1 is 0.853 bits per heavy atom. The molecule has 0 saturated heterocycles. The van der Waals surface area contributed by atoms with Gasteiger partial charge in [-0.3, -0.25) is 4.79 Å². The van der Waals surface area contributed by atoms with Gasteiger partial charge in [0.05, 0.1) is 6.04 Å². The highest BCUT2D eigenvalue weighted by Gasteiger charge is 2.11. The first kappa shape index (κ1) is 24.7. The molecule has 0 heterocycles. The van der Waals surface area contributed by atoms with E-state index in [1.54, 1.807) is 6.08 Å². The van der Waals surface area contributed by atoms with Crippen molar-refractivity contribution < 1.29 is 9.59 Å². The largest absolute Gasteiger partial charge is 0.351 e. The first-order valence-electron chi connectivity index (χ1n) is 11.4. The van der Waals surface area contributed by atoms with E-state index in [4.69, 9.17) is 0 Å². The van der Waals surface area contributed by atoms with Crippen molar-refractivity contribution in [3.05, 3.63) is 103 Å². The summed E-state index contributed by atoms with van der Waals surface area (Å²) in [6, 6.07) is 27.0. The number of amides is 3. The van der Waals surface area contributed by atoms with Crippen molar-refractivity contribution in [3.63, 3.8) is 0 Å². The summed E-state index contributed by atoms with van der Waals surface area (Å²) in [5, 5.41) is 8.70. The molecule has 0 bridgehead atoms. The average Bonchev–Trinajstić information content (AvgIpc) is 2.84. The van der Waals surface area contributed by atoms with E-state index in [1.807, 2.05) is 104 Å². The lowest BCUT2D eigenvalue weighted by atomic mass is 10.1. The highest BCUT2D eigenvalue weighted by Crippen LogP contribution is 2.21. The zero-order valence-corrected chi connectivity index (χ0v) is 19.7. The van der Waals surface area contributed by atoms with Crippen LogP contribution >= 0.6 is 0 Å². The predicted octanol–water partition coefficient (Wildman–Crippen LogP) is 4.32. The maximum absolute atomic E-state index is 12.7. The lowest BCUT2D eigenvalue weighted by Gasteiger charge is -2.16. The Labute approximate surface area is 201 Å². The fourth-order valence-electron chi connectivity index (χ4n) is 3.41. The number of urea groups is 1. The standard InChI is InChI=1S/C28H32N4O2/c1-32(2)20-19-29-27(33)18-17-26(21-22-9-5-3-6-10-22)31-28(34)30-25-15-13-24(14-16-25)23-11-7-4-8-12-23/h3-18,26H,19-21H2,1-2H3,(H,29,33)(H2,30,31,34)/b18-17+. The van der Waals surface area contributed by atoms with Crippen LogP contribution < -0.4 is 16.0 Å². The number of hydrogen-bond donors (Lipinski definition) is 3. The van der Waals surface area contributed by atoms with Crippen molar-refractivity contribution in [2.24, 2.45) is 0 Å². The molecule has 1 unspecified atom stereocenters. The van der Waals surface area contributed by atoms with Gasteiger partial charge in [0.2, 0.25) is 5.91 Å². The van der Waals surface area contributed by atoms with Crippen LogP contribution in [0.3, 0.4) is 0 Å². The normalized spacial score (nSPS) is 11.9. The van der Waals surface area contributed by atoms with Crippen LogP contribution in [-0.2, 0) is 11.2 Å². The van der Waals surface area contributed by atoms with E-state index in [1.165, 1.54) is 6.08 Å². The van der Waals surface area contributed by atoms with Crippen LogP contribution in [0.15, 0.2) is 97.1 Å². The number of anilines is 1. The van der Waals surface area contributed by atoms with Crippen molar-refractivity contribution in [1.82, 2.24) is 15.5 Å². The molecule has 6 nitrogen and oxygen atoms in total. The number of rotatable bonds is 10. The molecule has 0 aliphatic rings. The monoisotopic (exact) mass is 456 g/mol. The summed E-state index contributed by atoms with van der Waals surface area (Å²) in [7, 11) is 3.91. The fourth-order valence-corrected chi connectivity index (χ4v) is 3.41. The smallest absolute Gasteiger partial charge is 0.319 e. The van der Waals surface area contributed by atoms with Gasteiger partial charge in [-0.1, -0.05) is 78.9 Å². The Bertz CT molecular complexity index is 1060. The molecule has 1 atom stereocenters. The molecule has 0 aliphatic heterocycles. The third-order valence-electron chi connectivity index (χ3n) is 5.20. The van der Waals surface area contributed by atoms with Crippen LogP contribution in [0.25, 0.3) is 11.1 Å². The number of nitrogens with zero attached hydrogens (tertiary/aromatic N) is 1. The zero-order valence-electron chi connectivity index (χ0n) is 19.7. The van der Waals surface area contributed by atoms with Crippen molar-refractivity contribution >= 4 is 17.6 Å². The summed E-state index contributed by atoms with van der Waals surface area (Å²) >= 11 is 0. The zero-order chi connectivity index (χ0) is 24.2. The Morgan fingerprint density at radius 3 is 2.12 bits per heavy atom. The molecule has 176 valence electrons. The molecule has 6 heteroatoms. The summed E-state index contributed by atoms with van der Waals surface area (Å²) in [5.74, 6) is -0.182. The molecule has 0 radical (unpaired) electrons. The van der Waals surface area contributed by atoms with E-state index in [2.05, 4.69) is 16.0 Å². The number of nitrogens with one attached hydrogen (secondary N) is 3. The van der Waals surface area contributed by atoms with Crippen LogP contribution in [0.5, 0.6) is 0 Å². The van der Waals surface area contributed by atoms with Crippen molar-refractivity contribution in [2.45, 2.75) is 12.5 Å². The fraction of sp³-hybridized carbons (Fsp3) is 0.214. The summed E-state index contributed by atoms with van der Waals surface area (Å²) in [4.78, 5) is 26.9. The minimum atomic E-state index is -0.342. The van der Waals surface area contributed by atoms with Crippen LogP contribution in [0.2, 0.25) is 0 Å². The summed E-state index contributed by atoms with van der Waals surface area (Å²) in [5.41, 5.74) is 3.96. The third-order valence-corrected chi connectivity index (χ3v) is 5.20. The molecule has 0 aliphatic carbocycles. The van der Waals surface area contributed by atoms with Gasteiger partial charge >= 0.3 is 6.03 Å². The quantitative estimate of drug-likeness (QED) is 0.398. The molecule has 34 heavy (non-hydrogen) atoms. The molecule has 0 spiro atoms. The van der Waals surface area contributed by atoms with Crippen LogP contribution in [-0.4, -0.2) is 50.1 Å². The number of benzene rings is 3. The van der Waals surface area contributed by atoms with Crippen molar-refractivity contribution in [3.8, 4) is 11.1 Å². The lowest BCUT2D eigenvalue weighted by Crippen LogP contribution is -2.38. The Hall–Kier alpha value is -3.90. The minimum absolute atomic E-state index is 0.182. The summed E-state index contributed by atoms with van der Waals surface area (Å²) in [6.07, 6.45) is 3.79. The van der Waals surface area contributed by atoms with Gasteiger partial charge in [-0.2, -0.15) is 0 Å². The average molecular weight is 457 g/mol. The number of likely N-dealkylation sites (N-methyl/N-ethyl adjacent to an activating group) is 1. The molecule has 3 aromatic rings. The molecular formula is C28H32N4O2. The second kappa shape index (κ2) is 13.0. The van der Waals surface area contributed by atoms with Gasteiger partial charge in [-0.15, -0.1) is 0 Å². The van der Waals surface area contributed by atoms with E-state index in [0.717, 1.165) is 23.2 Å². The van der Waals surface area contributed by atoms with Crippen molar-refractivity contribution in [1.29, 1.82) is 0 Å². The van der Waals surface area contributed by atoms with Gasteiger partial charge in [0.15, 0.2) is 0 Å². The third kappa shape index (κ3) is 8.56. The van der Waals surface area contributed by atoms with E-state index in [-0.39, 0.29) is 18.0 Å². The van der Waals surface area contributed by atoms with Gasteiger partial charge < -0.3 is 20.9 Å². The predicted molar refractivity (Wildman–Crippen MR) is 139 cm³/mol. The number of carbonyl (C=O) groups is 2. The van der Waals surface area contributed by atoms with E-state index in [9.17, 15) is 9.59 Å². The highest BCUT2D eigenvalue weighted by molar-refractivity contribution is 5.90. The van der Waals surface area contributed by atoms with Crippen molar-refractivity contribution in [2.75, 3.05) is 32.5 Å². The van der Waals surface area contributed by atoms with E-state index >= 15 is 0 Å². The lowest BCUT2D eigenvalue weighted by molar-refractivity contribution is -0.116. The Morgan fingerprint density at radius 2 is 1.47 bits per heavy atom. The number of carbonyl (C=O) groups excluding carboxylic acids is 2. The van der Waals surface area contributed by atoms with Crippen LogP contribution in [0.4, 0.5) is 10.5 Å². The molecular weight excluding hydrogens is 424 g/mol. The molecule has 0 aromatic heterocycles. The van der Waals surface area contributed by atoms with Gasteiger partial charge in [0, 0.05) is 24.9 Å². The van der Waals surface area contributed by atoms with Crippen LogP contribution in [0.1, 0.15) is 5.56 Å². The summed E-state index contributed by atoms with van der Waals surface area (Å²) in [6.45, 7) is 1.32. The SMILES string of the molecule is CN(C)CCNC(=O)/C=C/C(Cc1ccccc1)NC(=O)Nc1ccc(-c2ccccc2)cc1. The molecule has 3 amide bonds.